The molecule has 0 aromatic heterocycles. The first-order valence-corrected chi connectivity index (χ1v) is 9.09. The summed E-state index contributed by atoms with van der Waals surface area (Å²) in [5.41, 5.74) is 0.580. The van der Waals surface area contributed by atoms with E-state index in [4.69, 9.17) is 9.47 Å². The minimum absolute atomic E-state index is 0.000988. The number of para-hydroxylation sites is 2. The molecular formula is C19H23N3O6. The Balaban J connectivity index is 1.52. The summed E-state index contributed by atoms with van der Waals surface area (Å²) < 4.78 is 10.7. The molecule has 9 heteroatoms. The highest BCUT2D eigenvalue weighted by atomic mass is 16.6. The van der Waals surface area contributed by atoms with Gasteiger partial charge in [0.15, 0.2) is 6.61 Å². The number of anilines is 1. The first-order valence-electron chi connectivity index (χ1n) is 9.09. The van der Waals surface area contributed by atoms with Crippen LogP contribution in [0.15, 0.2) is 24.3 Å². The third-order valence-electron chi connectivity index (χ3n) is 4.50. The van der Waals surface area contributed by atoms with E-state index in [1.54, 1.807) is 24.3 Å². The number of hydrogen-bond donors (Lipinski definition) is 1. The van der Waals surface area contributed by atoms with Crippen LogP contribution >= 0.6 is 0 Å². The van der Waals surface area contributed by atoms with Gasteiger partial charge >= 0.3 is 5.97 Å². The van der Waals surface area contributed by atoms with Crippen molar-refractivity contribution in [3.8, 4) is 5.75 Å². The summed E-state index contributed by atoms with van der Waals surface area (Å²) in [7, 11) is 1.47. The number of carbonyl (C=O) groups excluding carboxylic acids is 4. The minimum Gasteiger partial charge on any atom is -0.475 e. The summed E-state index contributed by atoms with van der Waals surface area (Å²) in [6.45, 7) is 0.792. The van der Waals surface area contributed by atoms with Crippen molar-refractivity contribution in [2.24, 2.45) is 0 Å². The Kier molecular flexibility index (Phi) is 5.81. The topological polar surface area (TPSA) is 105 Å². The zero-order valence-electron chi connectivity index (χ0n) is 15.8. The van der Waals surface area contributed by atoms with Crippen molar-refractivity contribution in [3.05, 3.63) is 24.3 Å². The third-order valence-corrected chi connectivity index (χ3v) is 4.50. The SMILES string of the molecule is CC(=O)N1C[C@H](C(=O)OCC(=O)N(C)CC(=O)NC2CC2)Oc2ccccc21. The van der Waals surface area contributed by atoms with Crippen LogP contribution in [0.4, 0.5) is 5.69 Å². The number of esters is 1. The second kappa shape index (κ2) is 8.28. The maximum atomic E-state index is 12.3. The lowest BCUT2D eigenvalue weighted by atomic mass is 10.2. The summed E-state index contributed by atoms with van der Waals surface area (Å²) in [5, 5.41) is 2.78. The Morgan fingerprint density at radius 2 is 1.96 bits per heavy atom. The number of nitrogens with zero attached hydrogens (tertiary/aromatic N) is 2. The largest absolute Gasteiger partial charge is 0.475 e. The molecule has 1 aliphatic heterocycles. The van der Waals surface area contributed by atoms with Crippen LogP contribution < -0.4 is 15.0 Å². The van der Waals surface area contributed by atoms with Gasteiger partial charge in [0.2, 0.25) is 17.9 Å². The van der Waals surface area contributed by atoms with E-state index in [0.29, 0.717) is 11.4 Å². The molecule has 3 rings (SSSR count). The normalized spacial score (nSPS) is 17.8. The van der Waals surface area contributed by atoms with Gasteiger partial charge in [-0.1, -0.05) is 12.1 Å². The smallest absolute Gasteiger partial charge is 0.349 e. The number of hydrogen-bond acceptors (Lipinski definition) is 6. The van der Waals surface area contributed by atoms with E-state index in [-0.39, 0.29) is 30.9 Å². The van der Waals surface area contributed by atoms with E-state index in [1.165, 1.54) is 23.8 Å². The summed E-state index contributed by atoms with van der Waals surface area (Å²) in [6.07, 6.45) is 0.890. The molecule has 2 aliphatic rings. The van der Waals surface area contributed by atoms with Gasteiger partial charge in [-0.3, -0.25) is 14.4 Å². The Morgan fingerprint density at radius 3 is 2.64 bits per heavy atom. The molecule has 150 valence electrons. The number of rotatable bonds is 6. The minimum atomic E-state index is -1.03. The molecule has 0 bridgehead atoms. The van der Waals surface area contributed by atoms with E-state index in [9.17, 15) is 19.2 Å². The molecule has 3 amide bonds. The van der Waals surface area contributed by atoms with Crippen molar-refractivity contribution in [2.45, 2.75) is 31.9 Å². The zero-order valence-corrected chi connectivity index (χ0v) is 15.8. The molecule has 0 unspecified atom stereocenters. The number of fused-ring (bicyclic) bond motifs is 1. The van der Waals surface area contributed by atoms with Gasteiger partial charge in [-0.05, 0) is 25.0 Å². The number of carbonyl (C=O) groups is 4. The molecule has 9 nitrogen and oxygen atoms in total. The van der Waals surface area contributed by atoms with Crippen molar-refractivity contribution >= 4 is 29.4 Å². The van der Waals surface area contributed by atoms with Crippen LogP contribution in [0.1, 0.15) is 19.8 Å². The highest BCUT2D eigenvalue weighted by molar-refractivity contribution is 5.95. The fourth-order valence-corrected chi connectivity index (χ4v) is 2.80. The quantitative estimate of drug-likeness (QED) is 0.691. The van der Waals surface area contributed by atoms with E-state index in [0.717, 1.165) is 12.8 Å². The number of nitrogens with one attached hydrogen (secondary N) is 1. The molecule has 0 spiro atoms. The summed E-state index contributed by atoms with van der Waals surface area (Å²) in [4.78, 5) is 50.7. The van der Waals surface area contributed by atoms with Crippen molar-refractivity contribution < 1.29 is 28.7 Å². The van der Waals surface area contributed by atoms with Crippen molar-refractivity contribution in [3.63, 3.8) is 0 Å². The molecule has 1 saturated carbocycles. The highest BCUT2D eigenvalue weighted by Crippen LogP contribution is 2.33. The maximum absolute atomic E-state index is 12.3. The van der Waals surface area contributed by atoms with Crippen LogP contribution in [0.2, 0.25) is 0 Å². The third kappa shape index (κ3) is 4.79. The van der Waals surface area contributed by atoms with Gasteiger partial charge in [0.1, 0.15) is 5.75 Å². The first-order chi connectivity index (χ1) is 13.3. The molecule has 0 radical (unpaired) electrons. The molecule has 1 fully saturated rings. The summed E-state index contributed by atoms with van der Waals surface area (Å²) >= 11 is 0. The molecule has 28 heavy (non-hydrogen) atoms. The van der Waals surface area contributed by atoms with Crippen molar-refractivity contribution in [1.29, 1.82) is 0 Å². The predicted molar refractivity (Wildman–Crippen MR) is 98.6 cm³/mol. The number of ether oxygens (including phenoxy) is 2. The molecule has 1 heterocycles. The van der Waals surface area contributed by atoms with Gasteiger partial charge in [0.05, 0.1) is 18.8 Å². The van der Waals surface area contributed by atoms with Gasteiger partial charge < -0.3 is 24.6 Å². The van der Waals surface area contributed by atoms with E-state index in [2.05, 4.69) is 5.32 Å². The number of likely N-dealkylation sites (N-methyl/N-ethyl adjacent to an activating group) is 1. The second-order valence-corrected chi connectivity index (χ2v) is 6.90. The van der Waals surface area contributed by atoms with Crippen LogP contribution in [0.5, 0.6) is 5.75 Å². The van der Waals surface area contributed by atoms with Crippen LogP contribution in [0, 0.1) is 0 Å². The van der Waals surface area contributed by atoms with Crippen molar-refractivity contribution in [2.75, 3.05) is 31.6 Å². The average molecular weight is 389 g/mol. The van der Waals surface area contributed by atoms with Gasteiger partial charge in [-0.25, -0.2) is 4.79 Å². The molecule has 1 atom stereocenters. The lowest BCUT2D eigenvalue weighted by Crippen LogP contribution is -2.48. The predicted octanol–water partition coefficient (Wildman–Crippen LogP) is 0.0807. The van der Waals surface area contributed by atoms with E-state index < -0.39 is 24.6 Å². The van der Waals surface area contributed by atoms with Gasteiger partial charge in [0.25, 0.3) is 5.91 Å². The van der Waals surface area contributed by atoms with Crippen LogP contribution in [0.3, 0.4) is 0 Å². The number of benzene rings is 1. The number of amides is 3. The van der Waals surface area contributed by atoms with E-state index in [1.807, 2.05) is 0 Å². The fourth-order valence-electron chi connectivity index (χ4n) is 2.80. The molecule has 1 aliphatic carbocycles. The zero-order chi connectivity index (χ0) is 20.3. The van der Waals surface area contributed by atoms with Crippen LogP contribution in [-0.2, 0) is 23.9 Å². The average Bonchev–Trinajstić information content (AvgIpc) is 3.48. The Bertz CT molecular complexity index is 792. The van der Waals surface area contributed by atoms with Crippen molar-refractivity contribution in [1.82, 2.24) is 10.2 Å². The molecule has 1 N–H and O–H groups in total. The Labute approximate surface area is 162 Å². The molecule has 1 aromatic rings. The van der Waals surface area contributed by atoms with E-state index >= 15 is 0 Å². The lowest BCUT2D eigenvalue weighted by Gasteiger charge is -2.33. The second-order valence-electron chi connectivity index (χ2n) is 6.90. The van der Waals surface area contributed by atoms with Gasteiger partial charge in [-0.15, -0.1) is 0 Å². The lowest BCUT2D eigenvalue weighted by molar-refractivity contribution is -0.157. The highest BCUT2D eigenvalue weighted by Gasteiger charge is 2.34. The Hall–Kier alpha value is -3.10. The molecular weight excluding hydrogens is 366 g/mol. The monoisotopic (exact) mass is 389 g/mol. The fraction of sp³-hybridized carbons (Fsp3) is 0.474. The summed E-state index contributed by atoms with van der Waals surface area (Å²) in [6, 6.07) is 7.09. The van der Waals surface area contributed by atoms with Gasteiger partial charge in [0, 0.05) is 20.0 Å². The van der Waals surface area contributed by atoms with Gasteiger partial charge in [-0.2, -0.15) is 0 Å². The Morgan fingerprint density at radius 1 is 1.25 bits per heavy atom. The summed E-state index contributed by atoms with van der Waals surface area (Å²) in [5.74, 6) is -1.32. The first kappa shape index (κ1) is 19.7. The van der Waals surface area contributed by atoms with Crippen LogP contribution in [0.25, 0.3) is 0 Å². The maximum Gasteiger partial charge on any atom is 0.349 e. The molecule has 1 aromatic carbocycles. The standard InChI is InChI=1S/C19H23N3O6/c1-12(23)22-9-16(28-15-6-4-3-5-14(15)22)19(26)27-11-18(25)21(2)10-17(24)20-13-7-8-13/h3-6,13,16H,7-11H2,1-2H3,(H,20,24)/t16-/m1/s1. The molecule has 0 saturated heterocycles. The van der Waals surface area contributed by atoms with Crippen LogP contribution in [-0.4, -0.2) is 67.5 Å².